The molecule has 0 aliphatic carbocycles. The number of ether oxygens (including phenoxy) is 1. The minimum Gasteiger partial charge on any atom is -0.493 e. The number of aryl methyl sites for hydroxylation is 2. The first kappa shape index (κ1) is 15.4. The van der Waals surface area contributed by atoms with Gasteiger partial charge in [0.25, 0.3) is 0 Å². The lowest BCUT2D eigenvalue weighted by molar-refractivity contribution is 0.396. The Labute approximate surface area is 125 Å². The third-order valence-corrected chi connectivity index (χ3v) is 3.52. The number of hydrogen-bond donors (Lipinski definition) is 1. The summed E-state index contributed by atoms with van der Waals surface area (Å²) < 4.78 is 7.47. The normalized spacial score (nSPS) is 12.7. The van der Waals surface area contributed by atoms with Crippen LogP contribution in [0.4, 0.5) is 0 Å². The number of aromatic nitrogens is 4. The Hall–Kier alpha value is -1.95. The van der Waals surface area contributed by atoms with Crippen LogP contribution < -0.4 is 10.1 Å². The Bertz CT molecular complexity index is 621. The summed E-state index contributed by atoms with van der Waals surface area (Å²) in [6.07, 6.45) is 1.76. The first-order chi connectivity index (χ1) is 9.99. The molecule has 0 saturated carbocycles. The SMILES string of the molecule is CNC(c1cc(C)nnc1C)c1c(OC)cnn1C(C)C. The Kier molecular flexibility index (Phi) is 4.57. The van der Waals surface area contributed by atoms with Gasteiger partial charge in [-0.25, -0.2) is 0 Å². The molecule has 0 fully saturated rings. The highest BCUT2D eigenvalue weighted by Crippen LogP contribution is 2.32. The summed E-state index contributed by atoms with van der Waals surface area (Å²) in [5.41, 5.74) is 3.89. The average molecular weight is 289 g/mol. The lowest BCUT2D eigenvalue weighted by Gasteiger charge is -2.22. The van der Waals surface area contributed by atoms with Gasteiger partial charge in [-0.05, 0) is 40.8 Å². The van der Waals surface area contributed by atoms with Gasteiger partial charge in [0.15, 0.2) is 5.75 Å². The smallest absolute Gasteiger partial charge is 0.161 e. The third-order valence-electron chi connectivity index (χ3n) is 3.52. The number of nitrogens with zero attached hydrogens (tertiary/aromatic N) is 4. The van der Waals surface area contributed by atoms with E-state index in [4.69, 9.17) is 4.74 Å². The Morgan fingerprint density at radius 1 is 1.24 bits per heavy atom. The molecule has 6 heteroatoms. The van der Waals surface area contributed by atoms with Crippen LogP contribution in [0.2, 0.25) is 0 Å². The fourth-order valence-corrected chi connectivity index (χ4v) is 2.50. The zero-order valence-corrected chi connectivity index (χ0v) is 13.5. The van der Waals surface area contributed by atoms with Crippen LogP contribution in [0.1, 0.15) is 48.6 Å². The van der Waals surface area contributed by atoms with E-state index < -0.39 is 0 Å². The maximum absolute atomic E-state index is 5.49. The van der Waals surface area contributed by atoms with E-state index in [-0.39, 0.29) is 12.1 Å². The van der Waals surface area contributed by atoms with Gasteiger partial charge in [0.2, 0.25) is 0 Å². The second-order valence-electron chi connectivity index (χ2n) is 5.38. The highest BCUT2D eigenvalue weighted by atomic mass is 16.5. The minimum atomic E-state index is -0.0425. The molecule has 1 unspecified atom stereocenters. The van der Waals surface area contributed by atoms with Crippen molar-refractivity contribution in [2.75, 3.05) is 14.2 Å². The van der Waals surface area contributed by atoms with E-state index in [1.54, 1.807) is 13.3 Å². The molecule has 21 heavy (non-hydrogen) atoms. The third kappa shape index (κ3) is 2.90. The first-order valence-corrected chi connectivity index (χ1v) is 7.09. The van der Waals surface area contributed by atoms with Crippen LogP contribution in [0.3, 0.4) is 0 Å². The van der Waals surface area contributed by atoms with Crippen molar-refractivity contribution >= 4 is 0 Å². The van der Waals surface area contributed by atoms with Crippen LogP contribution in [0.15, 0.2) is 12.3 Å². The molecule has 114 valence electrons. The molecule has 0 bridgehead atoms. The second kappa shape index (κ2) is 6.22. The van der Waals surface area contributed by atoms with Gasteiger partial charge in [-0.1, -0.05) is 0 Å². The topological polar surface area (TPSA) is 64.9 Å². The van der Waals surface area contributed by atoms with E-state index in [0.717, 1.165) is 28.4 Å². The average Bonchev–Trinajstić information content (AvgIpc) is 2.87. The van der Waals surface area contributed by atoms with Crippen LogP contribution in [0.5, 0.6) is 5.75 Å². The molecule has 0 amide bonds. The van der Waals surface area contributed by atoms with E-state index >= 15 is 0 Å². The van der Waals surface area contributed by atoms with Crippen molar-refractivity contribution in [3.8, 4) is 5.75 Å². The van der Waals surface area contributed by atoms with Gasteiger partial charge in [-0.15, -0.1) is 0 Å². The van der Waals surface area contributed by atoms with E-state index in [1.165, 1.54) is 0 Å². The van der Waals surface area contributed by atoms with E-state index in [2.05, 4.69) is 40.5 Å². The summed E-state index contributed by atoms with van der Waals surface area (Å²) in [6.45, 7) is 8.12. The molecule has 1 atom stereocenters. The standard InChI is InChI=1S/C15H23N5O/c1-9(2)20-15(13(21-6)8-17-20)14(16-5)12-7-10(3)18-19-11(12)4/h7-9,14,16H,1-6H3. The second-order valence-corrected chi connectivity index (χ2v) is 5.38. The zero-order valence-electron chi connectivity index (χ0n) is 13.5. The molecule has 2 aromatic rings. The fraction of sp³-hybridized carbons (Fsp3) is 0.533. The fourth-order valence-electron chi connectivity index (χ4n) is 2.50. The minimum absolute atomic E-state index is 0.0425. The van der Waals surface area contributed by atoms with Gasteiger partial charge in [0, 0.05) is 11.6 Å². The maximum Gasteiger partial charge on any atom is 0.161 e. The number of methoxy groups -OCH3 is 1. The first-order valence-electron chi connectivity index (χ1n) is 7.09. The van der Waals surface area contributed by atoms with Gasteiger partial charge in [0.1, 0.15) is 5.69 Å². The zero-order chi connectivity index (χ0) is 15.6. The molecular weight excluding hydrogens is 266 g/mol. The van der Waals surface area contributed by atoms with E-state index in [0.29, 0.717) is 0 Å². The lowest BCUT2D eigenvalue weighted by Crippen LogP contribution is -2.24. The predicted molar refractivity (Wildman–Crippen MR) is 81.6 cm³/mol. The highest BCUT2D eigenvalue weighted by Gasteiger charge is 2.25. The van der Waals surface area contributed by atoms with Crippen LogP contribution in [0, 0.1) is 13.8 Å². The number of nitrogens with one attached hydrogen (secondary N) is 1. The summed E-state index contributed by atoms with van der Waals surface area (Å²) in [5, 5.41) is 16.1. The van der Waals surface area contributed by atoms with Crippen molar-refractivity contribution in [2.24, 2.45) is 0 Å². The van der Waals surface area contributed by atoms with Gasteiger partial charge >= 0.3 is 0 Å². The van der Waals surface area contributed by atoms with Crippen molar-refractivity contribution in [2.45, 2.75) is 39.8 Å². The molecule has 6 nitrogen and oxygen atoms in total. The molecule has 0 aliphatic heterocycles. The van der Waals surface area contributed by atoms with Crippen molar-refractivity contribution in [1.29, 1.82) is 0 Å². The van der Waals surface area contributed by atoms with Gasteiger partial charge < -0.3 is 10.1 Å². The number of hydrogen-bond acceptors (Lipinski definition) is 5. The van der Waals surface area contributed by atoms with Crippen molar-refractivity contribution in [3.63, 3.8) is 0 Å². The monoisotopic (exact) mass is 289 g/mol. The predicted octanol–water partition coefficient (Wildman–Crippen LogP) is 2.19. The Morgan fingerprint density at radius 2 is 1.95 bits per heavy atom. The van der Waals surface area contributed by atoms with Gasteiger partial charge in [0.05, 0.1) is 30.7 Å². The molecule has 2 heterocycles. The largest absolute Gasteiger partial charge is 0.493 e. The molecule has 0 aliphatic rings. The lowest BCUT2D eigenvalue weighted by atomic mass is 10.0. The Morgan fingerprint density at radius 3 is 2.52 bits per heavy atom. The number of rotatable bonds is 5. The molecule has 2 aromatic heterocycles. The molecule has 0 spiro atoms. The molecule has 0 saturated heterocycles. The summed E-state index contributed by atoms with van der Waals surface area (Å²) in [6, 6.07) is 2.26. The van der Waals surface area contributed by atoms with Crippen LogP contribution in [-0.4, -0.2) is 34.1 Å². The van der Waals surface area contributed by atoms with Gasteiger partial charge in [-0.2, -0.15) is 15.3 Å². The van der Waals surface area contributed by atoms with Gasteiger partial charge in [-0.3, -0.25) is 4.68 Å². The summed E-state index contributed by atoms with van der Waals surface area (Å²) in [4.78, 5) is 0. The van der Waals surface area contributed by atoms with Crippen molar-refractivity contribution in [3.05, 3.63) is 34.9 Å². The summed E-state index contributed by atoms with van der Waals surface area (Å²) in [5.74, 6) is 0.775. The molecule has 0 aromatic carbocycles. The molecule has 2 rings (SSSR count). The summed E-state index contributed by atoms with van der Waals surface area (Å²) in [7, 11) is 3.60. The molecular formula is C15H23N5O. The van der Waals surface area contributed by atoms with E-state index in [9.17, 15) is 0 Å². The highest BCUT2D eigenvalue weighted by molar-refractivity contribution is 5.38. The molecule has 0 radical (unpaired) electrons. The van der Waals surface area contributed by atoms with Crippen LogP contribution in [-0.2, 0) is 0 Å². The maximum atomic E-state index is 5.49. The van der Waals surface area contributed by atoms with Crippen molar-refractivity contribution in [1.82, 2.24) is 25.3 Å². The van der Waals surface area contributed by atoms with Crippen LogP contribution >= 0.6 is 0 Å². The summed E-state index contributed by atoms with van der Waals surface area (Å²) >= 11 is 0. The van der Waals surface area contributed by atoms with Crippen LogP contribution in [0.25, 0.3) is 0 Å². The van der Waals surface area contributed by atoms with Crippen molar-refractivity contribution < 1.29 is 4.74 Å². The quantitative estimate of drug-likeness (QED) is 0.914. The Balaban J connectivity index is 2.61. The van der Waals surface area contributed by atoms with E-state index in [1.807, 2.05) is 25.6 Å². The molecule has 1 N–H and O–H groups in total.